The number of benzene rings is 3. The van der Waals surface area contributed by atoms with Crippen molar-refractivity contribution in [3.63, 3.8) is 0 Å². The predicted molar refractivity (Wildman–Crippen MR) is 439 cm³/mol. The fourth-order valence-corrected chi connectivity index (χ4v) is 38.9. The third-order valence-electron chi connectivity index (χ3n) is 23.0. The molecule has 8 bridgehead atoms. The van der Waals surface area contributed by atoms with Gasteiger partial charge in [-0.3, -0.25) is 19.9 Å². The normalized spacial score (nSPS) is 24.9. The summed E-state index contributed by atoms with van der Waals surface area (Å²) in [6.07, 6.45) is 33.0. The van der Waals surface area contributed by atoms with Crippen molar-refractivity contribution in [2.45, 2.75) is 280 Å². The van der Waals surface area contributed by atoms with E-state index in [9.17, 15) is 0 Å². The molecular formula is C88H124N4P6. The molecule has 15 rings (SSSR count). The molecular weight excluding hydrogens is 1300 g/mol. The second-order valence-corrected chi connectivity index (χ2v) is 55.7. The van der Waals surface area contributed by atoms with E-state index in [1.807, 2.05) is 24.5 Å². The number of hydrogen-bond acceptors (Lipinski definition) is 4. The van der Waals surface area contributed by atoms with Crippen LogP contribution in [-0.2, 0) is 37.0 Å². The highest BCUT2D eigenvalue weighted by molar-refractivity contribution is 7.67. The Balaban J connectivity index is 0.000000155. The van der Waals surface area contributed by atoms with Gasteiger partial charge in [0.2, 0.25) is 0 Å². The van der Waals surface area contributed by atoms with E-state index in [1.165, 1.54) is 135 Å². The largest absolute Gasteiger partial charge is 0.257 e. The average molecular weight is 1420 g/mol. The van der Waals surface area contributed by atoms with Crippen molar-refractivity contribution < 1.29 is 0 Å². The van der Waals surface area contributed by atoms with Crippen LogP contribution in [0.2, 0.25) is 0 Å². The van der Waals surface area contributed by atoms with Gasteiger partial charge in [-0.2, -0.15) is 0 Å². The average Bonchev–Trinajstić information content (AvgIpc) is 0.735. The van der Waals surface area contributed by atoms with Crippen molar-refractivity contribution in [2.75, 3.05) is 0 Å². The summed E-state index contributed by atoms with van der Waals surface area (Å²) in [5, 5.41) is 2.92. The lowest BCUT2D eigenvalue weighted by Crippen LogP contribution is -2.51. The van der Waals surface area contributed by atoms with Crippen molar-refractivity contribution in [1.29, 1.82) is 0 Å². The van der Waals surface area contributed by atoms with Crippen LogP contribution in [0.5, 0.6) is 0 Å². The van der Waals surface area contributed by atoms with Gasteiger partial charge in [0.25, 0.3) is 0 Å². The van der Waals surface area contributed by atoms with Crippen LogP contribution in [0.15, 0.2) is 170 Å². The number of nitrogens with zero attached hydrogens (tertiary/aromatic N) is 4. The lowest BCUT2D eigenvalue weighted by molar-refractivity contribution is 0.0357. The molecule has 4 aromatic heterocycles. The number of pyridine rings is 4. The highest BCUT2D eigenvalue weighted by Gasteiger charge is 2.57. The predicted octanol–water partition coefficient (Wildman–Crippen LogP) is 24.6. The summed E-state index contributed by atoms with van der Waals surface area (Å²) >= 11 is 0. The van der Waals surface area contributed by atoms with Crippen LogP contribution in [0, 0.1) is 35.5 Å². The van der Waals surface area contributed by atoms with Crippen molar-refractivity contribution in [3.05, 3.63) is 204 Å². The molecule has 0 amide bonds. The van der Waals surface area contributed by atoms with E-state index < -0.39 is 15.8 Å². The first kappa shape index (κ1) is 76.0. The van der Waals surface area contributed by atoms with Gasteiger partial charge in [-0.15, -0.1) is 0 Å². The van der Waals surface area contributed by atoms with E-state index in [0.29, 0.717) is 30.9 Å². The molecule has 0 saturated heterocycles. The first-order chi connectivity index (χ1) is 46.2. The lowest BCUT2D eigenvalue weighted by Gasteiger charge is -2.60. The van der Waals surface area contributed by atoms with Crippen LogP contribution >= 0.6 is 47.5 Å². The van der Waals surface area contributed by atoms with Gasteiger partial charge in [0, 0.05) is 24.8 Å². The van der Waals surface area contributed by atoms with E-state index in [2.05, 4.69) is 270 Å². The standard InChI is InChI=1S/C38H46N2P2.C26H34N2P2.C24H44P2/c1-2-8-34(26-42(36-10-4-6-12-40-36)38-22-30-16-31(23-38)18-32(17-30)24-38)33(7-1)25-41(35-9-3-5-11-39-35)37-19-27-13-28(20-37)15-29(14-27)21-37;1-25(2,3)29(23-15-9-11-17-27-23)19-21-13-7-8-14-22(21)20-30(26(4,5)6)24-16-10-12-18-28-24;1-21(2,3)25(22(4,5)6)17-19-15-13-14-16-20(19)18-26(23(7,8)9)24(10,11)12/h1-12,27-32H,13-26H2;7-18H,19-20H2,1-6H3;13-16H,17-18H2,1-12H3. The summed E-state index contributed by atoms with van der Waals surface area (Å²) in [5.41, 5.74) is 14.8. The van der Waals surface area contributed by atoms with Crippen molar-refractivity contribution >= 4 is 69.3 Å². The van der Waals surface area contributed by atoms with Gasteiger partial charge in [-0.1, -0.05) is 238 Å². The van der Waals surface area contributed by atoms with E-state index >= 15 is 0 Å². The van der Waals surface area contributed by atoms with Crippen molar-refractivity contribution in [2.24, 2.45) is 35.5 Å². The molecule has 8 saturated carbocycles. The van der Waals surface area contributed by atoms with Gasteiger partial charge >= 0.3 is 0 Å². The Kier molecular flexibility index (Phi) is 24.2. The SMILES string of the molecule is CC(C)(C)P(Cc1ccccc1CP(C(C)(C)C)C(C)(C)C)C(C)(C)C.CC(C)(C)P(Cc1ccccc1CP(c1ccccn1)C(C)(C)C)c1ccccn1.c1ccc(P(Cc2ccccc2CP(c2ccccn2)C23CC4CC(CC(C4)C2)C3)C23CC4CC(CC(C4)C2)C3)nc1. The van der Waals surface area contributed by atoms with Crippen molar-refractivity contribution in [1.82, 2.24) is 19.9 Å². The molecule has 10 heteroatoms. The molecule has 4 heterocycles. The second kappa shape index (κ2) is 31.3. The Morgan fingerprint density at radius 3 is 0.694 bits per heavy atom. The Hall–Kier alpha value is -3.16. The molecule has 8 aliphatic carbocycles. The van der Waals surface area contributed by atoms with Gasteiger partial charge in [0.15, 0.2) is 0 Å². The molecule has 98 heavy (non-hydrogen) atoms. The molecule has 7 aromatic rings. The zero-order chi connectivity index (χ0) is 70.1. The maximum atomic E-state index is 5.12. The van der Waals surface area contributed by atoms with Gasteiger partial charge < -0.3 is 0 Å². The topological polar surface area (TPSA) is 51.6 Å². The van der Waals surface area contributed by atoms with E-state index in [-0.39, 0.29) is 42.0 Å². The van der Waals surface area contributed by atoms with Crippen LogP contribution in [-0.4, -0.2) is 61.2 Å². The molecule has 0 aliphatic heterocycles. The Labute approximate surface area is 604 Å². The zero-order valence-electron chi connectivity index (χ0n) is 63.8. The third kappa shape index (κ3) is 18.8. The monoisotopic (exact) mass is 1420 g/mol. The molecule has 8 aliphatic rings. The highest BCUT2D eigenvalue weighted by Crippen LogP contribution is 2.72. The maximum Gasteiger partial charge on any atom is 0.0639 e. The van der Waals surface area contributed by atoms with Crippen LogP contribution in [0.3, 0.4) is 0 Å². The minimum atomic E-state index is -0.416. The molecule has 4 nitrogen and oxygen atoms in total. The van der Waals surface area contributed by atoms with Crippen LogP contribution in [0.1, 0.15) is 235 Å². The highest BCUT2D eigenvalue weighted by atomic mass is 31.1. The molecule has 8 fully saturated rings. The summed E-state index contributed by atoms with van der Waals surface area (Å²) < 4.78 is 0. The molecule has 526 valence electrons. The Morgan fingerprint density at radius 2 is 0.480 bits per heavy atom. The molecule has 4 atom stereocenters. The smallest absolute Gasteiger partial charge is 0.0639 e. The maximum absolute atomic E-state index is 5.12. The second-order valence-electron chi connectivity index (χ2n) is 36.9. The molecule has 0 N–H and O–H groups in total. The summed E-state index contributed by atoms with van der Waals surface area (Å²) in [7, 11) is -1.75. The molecule has 4 unspecified atom stereocenters. The first-order valence-electron chi connectivity index (χ1n) is 37.7. The van der Waals surface area contributed by atoms with Crippen molar-refractivity contribution in [3.8, 4) is 0 Å². The van der Waals surface area contributed by atoms with Gasteiger partial charge in [-0.25, -0.2) is 0 Å². The van der Waals surface area contributed by atoms with Gasteiger partial charge in [-0.05, 0) is 304 Å². The lowest BCUT2D eigenvalue weighted by atomic mass is 9.56. The van der Waals surface area contributed by atoms with Crippen LogP contribution in [0.4, 0.5) is 0 Å². The minimum absolute atomic E-state index is 0.109. The van der Waals surface area contributed by atoms with E-state index in [0.717, 1.165) is 47.8 Å². The fourth-order valence-electron chi connectivity index (χ4n) is 19.7. The molecule has 3 aromatic carbocycles. The first-order valence-corrected chi connectivity index (χ1v) is 46.9. The van der Waals surface area contributed by atoms with Gasteiger partial charge in [0.1, 0.15) is 0 Å². The van der Waals surface area contributed by atoms with E-state index in [4.69, 9.17) is 19.9 Å². The van der Waals surface area contributed by atoms with Crippen LogP contribution < -0.4 is 21.7 Å². The van der Waals surface area contributed by atoms with E-state index in [1.54, 1.807) is 22.3 Å². The molecule has 0 radical (unpaired) electrons. The number of aromatic nitrogens is 4. The summed E-state index contributed by atoms with van der Waals surface area (Å²) in [4.78, 5) is 19.7. The zero-order valence-corrected chi connectivity index (χ0v) is 69.2. The summed E-state index contributed by atoms with van der Waals surface area (Å²) in [5.74, 6) is 5.88. The quantitative estimate of drug-likeness (QED) is 0.0804. The summed E-state index contributed by atoms with van der Waals surface area (Å²) in [6, 6.07) is 54.2. The fraction of sp³-hybridized carbons (Fsp3) is 0.568. The number of rotatable bonds is 18. The van der Waals surface area contributed by atoms with Crippen LogP contribution in [0.25, 0.3) is 0 Å². The van der Waals surface area contributed by atoms with Gasteiger partial charge in [0.05, 0.1) is 21.7 Å². The third-order valence-corrected chi connectivity index (χ3v) is 43.4. The molecule has 0 spiro atoms. The summed E-state index contributed by atoms with van der Waals surface area (Å²) in [6.45, 7) is 43.3. The Morgan fingerprint density at radius 1 is 0.265 bits per heavy atom. The minimum Gasteiger partial charge on any atom is -0.257 e. The number of hydrogen-bond donors (Lipinski definition) is 0. The Bertz CT molecular complexity index is 3330.